The van der Waals surface area contributed by atoms with Crippen molar-refractivity contribution in [2.45, 2.75) is 33.2 Å². The van der Waals surface area contributed by atoms with Gasteiger partial charge in [0.2, 0.25) is 5.91 Å². The molecule has 5 heteroatoms. The van der Waals surface area contributed by atoms with Gasteiger partial charge in [-0.3, -0.25) is 4.79 Å². The molecular formula is C15H19N3O2. The third-order valence-corrected chi connectivity index (χ3v) is 3.68. The van der Waals surface area contributed by atoms with Crippen LogP contribution in [0.25, 0.3) is 0 Å². The number of hydrogen-bond donors (Lipinski definition) is 1. The van der Waals surface area contributed by atoms with Crippen LogP contribution in [0.4, 0.5) is 10.5 Å². The van der Waals surface area contributed by atoms with Crippen LogP contribution in [0.2, 0.25) is 0 Å². The van der Waals surface area contributed by atoms with Gasteiger partial charge in [0.15, 0.2) is 0 Å². The molecule has 1 aliphatic heterocycles. The van der Waals surface area contributed by atoms with Crippen molar-refractivity contribution >= 4 is 23.5 Å². The topological polar surface area (TPSA) is 61.8 Å². The van der Waals surface area contributed by atoms with Crippen LogP contribution >= 0.6 is 0 Å². The van der Waals surface area contributed by atoms with E-state index in [0.717, 1.165) is 0 Å². The molecule has 1 N–H and O–H groups in total. The molecule has 106 valence electrons. The van der Waals surface area contributed by atoms with E-state index in [4.69, 9.17) is 0 Å². The molecule has 1 unspecified atom stereocenters. The van der Waals surface area contributed by atoms with Gasteiger partial charge in [0.25, 0.3) is 0 Å². The van der Waals surface area contributed by atoms with Gasteiger partial charge in [0.1, 0.15) is 5.84 Å². The summed E-state index contributed by atoms with van der Waals surface area (Å²) in [5.74, 6) is 0.249. The Labute approximate surface area is 118 Å². The maximum atomic E-state index is 12.3. The van der Waals surface area contributed by atoms with E-state index in [2.05, 4.69) is 10.3 Å². The number of hydrogen-bond acceptors (Lipinski definition) is 2. The molecule has 20 heavy (non-hydrogen) atoms. The van der Waals surface area contributed by atoms with E-state index in [9.17, 15) is 9.59 Å². The number of carbonyl (C=O) groups is 2. The molecule has 0 aromatic heterocycles. The van der Waals surface area contributed by atoms with E-state index < -0.39 is 5.54 Å². The van der Waals surface area contributed by atoms with Crippen LogP contribution in [-0.4, -0.2) is 23.3 Å². The smallest absolute Gasteiger partial charge is 0.325 e. The fraction of sp³-hybridized carbons (Fsp3) is 0.400. The number of benzene rings is 1. The zero-order valence-corrected chi connectivity index (χ0v) is 12.2. The van der Waals surface area contributed by atoms with Crippen molar-refractivity contribution in [1.29, 1.82) is 0 Å². The van der Waals surface area contributed by atoms with Gasteiger partial charge in [-0.2, -0.15) is 4.99 Å². The van der Waals surface area contributed by atoms with Crippen LogP contribution in [0, 0.1) is 5.92 Å². The predicted octanol–water partition coefficient (Wildman–Crippen LogP) is 2.58. The number of anilines is 1. The molecule has 1 heterocycles. The van der Waals surface area contributed by atoms with Gasteiger partial charge in [-0.15, -0.1) is 0 Å². The molecule has 5 nitrogen and oxygen atoms in total. The summed E-state index contributed by atoms with van der Waals surface area (Å²) in [4.78, 5) is 29.3. The second-order valence-corrected chi connectivity index (χ2v) is 5.41. The fourth-order valence-electron chi connectivity index (χ4n) is 2.20. The molecule has 1 aromatic carbocycles. The Bertz CT molecular complexity index is 566. The van der Waals surface area contributed by atoms with Crippen molar-refractivity contribution in [3.05, 3.63) is 30.3 Å². The van der Waals surface area contributed by atoms with E-state index >= 15 is 0 Å². The summed E-state index contributed by atoms with van der Waals surface area (Å²) < 4.78 is 0. The number of rotatable bonds is 2. The van der Waals surface area contributed by atoms with Gasteiger partial charge in [0, 0.05) is 6.92 Å². The Morgan fingerprint density at radius 1 is 1.30 bits per heavy atom. The van der Waals surface area contributed by atoms with E-state index in [0.29, 0.717) is 11.5 Å². The monoisotopic (exact) mass is 273 g/mol. The van der Waals surface area contributed by atoms with Crippen LogP contribution in [0.5, 0.6) is 0 Å². The molecular weight excluding hydrogens is 254 g/mol. The molecule has 0 saturated carbocycles. The Kier molecular flexibility index (Phi) is 3.61. The summed E-state index contributed by atoms with van der Waals surface area (Å²) in [5.41, 5.74) is 0.0490. The van der Waals surface area contributed by atoms with E-state index in [1.54, 1.807) is 0 Å². The number of amides is 3. The van der Waals surface area contributed by atoms with Crippen molar-refractivity contribution in [3.63, 3.8) is 0 Å². The lowest BCUT2D eigenvalue weighted by Crippen LogP contribution is -2.49. The molecule has 2 rings (SSSR count). The molecule has 3 amide bonds. The maximum absolute atomic E-state index is 12.3. The predicted molar refractivity (Wildman–Crippen MR) is 78.8 cm³/mol. The second kappa shape index (κ2) is 5.07. The molecule has 0 aliphatic carbocycles. The number of para-hydroxylation sites is 1. The molecule has 1 fully saturated rings. The summed E-state index contributed by atoms with van der Waals surface area (Å²) in [5, 5.41) is 2.94. The number of nitrogens with zero attached hydrogens (tertiary/aromatic N) is 2. The lowest BCUT2D eigenvalue weighted by atomic mass is 9.88. The van der Waals surface area contributed by atoms with Crippen molar-refractivity contribution in [3.8, 4) is 0 Å². The zero-order chi connectivity index (χ0) is 14.9. The maximum Gasteiger partial charge on any atom is 0.328 e. The zero-order valence-electron chi connectivity index (χ0n) is 12.2. The summed E-state index contributed by atoms with van der Waals surface area (Å²) in [6.07, 6.45) is 0. The minimum Gasteiger partial charge on any atom is -0.325 e. The van der Waals surface area contributed by atoms with Crippen molar-refractivity contribution in [2.75, 3.05) is 4.90 Å². The van der Waals surface area contributed by atoms with Gasteiger partial charge in [-0.1, -0.05) is 32.0 Å². The fourth-order valence-corrected chi connectivity index (χ4v) is 2.20. The third kappa shape index (κ3) is 2.31. The minimum atomic E-state index is -0.654. The quantitative estimate of drug-likeness (QED) is 0.900. The number of amidine groups is 1. The first-order valence-electron chi connectivity index (χ1n) is 6.63. The highest BCUT2D eigenvalue weighted by atomic mass is 16.2. The normalized spacial score (nSPS) is 24.4. The average molecular weight is 273 g/mol. The van der Waals surface area contributed by atoms with Gasteiger partial charge in [0.05, 0.1) is 11.2 Å². The first-order chi connectivity index (χ1) is 9.36. The van der Waals surface area contributed by atoms with Crippen LogP contribution in [0.3, 0.4) is 0 Å². The average Bonchev–Trinajstić information content (AvgIpc) is 2.62. The van der Waals surface area contributed by atoms with E-state index in [1.807, 2.05) is 51.1 Å². The minimum absolute atomic E-state index is 0.110. The largest absolute Gasteiger partial charge is 0.328 e. The van der Waals surface area contributed by atoms with Crippen molar-refractivity contribution in [2.24, 2.45) is 10.9 Å². The Morgan fingerprint density at radius 2 is 1.90 bits per heavy atom. The van der Waals surface area contributed by atoms with Gasteiger partial charge >= 0.3 is 6.03 Å². The third-order valence-electron chi connectivity index (χ3n) is 3.68. The van der Waals surface area contributed by atoms with Crippen LogP contribution in [-0.2, 0) is 4.79 Å². The van der Waals surface area contributed by atoms with Crippen molar-refractivity contribution < 1.29 is 9.59 Å². The summed E-state index contributed by atoms with van der Waals surface area (Å²) in [7, 11) is 0. The lowest BCUT2D eigenvalue weighted by Gasteiger charge is -2.29. The molecule has 1 saturated heterocycles. The molecule has 0 bridgehead atoms. The summed E-state index contributed by atoms with van der Waals surface area (Å²) in [6.45, 7) is 7.26. The molecule has 0 spiro atoms. The number of carbonyl (C=O) groups excluding carboxylic acids is 2. The summed E-state index contributed by atoms with van der Waals surface area (Å²) in [6, 6.07) is 8.95. The van der Waals surface area contributed by atoms with E-state index in [1.165, 1.54) is 11.8 Å². The van der Waals surface area contributed by atoms with Crippen molar-refractivity contribution in [1.82, 2.24) is 5.32 Å². The highest BCUT2D eigenvalue weighted by Gasteiger charge is 2.48. The number of nitrogens with one attached hydrogen (secondary N) is 1. The SMILES string of the molecule is CC(=O)N=C1N(c2ccccc2)C(=O)NC1(C)C(C)C. The second-order valence-electron chi connectivity index (χ2n) is 5.41. The number of urea groups is 1. The highest BCUT2D eigenvalue weighted by Crippen LogP contribution is 2.30. The first-order valence-corrected chi connectivity index (χ1v) is 6.63. The Morgan fingerprint density at radius 3 is 2.40 bits per heavy atom. The first kappa shape index (κ1) is 14.2. The molecule has 1 aromatic rings. The lowest BCUT2D eigenvalue weighted by molar-refractivity contribution is -0.115. The molecule has 1 atom stereocenters. The van der Waals surface area contributed by atoms with Gasteiger partial charge in [-0.25, -0.2) is 9.69 Å². The molecule has 0 radical (unpaired) electrons. The Balaban J connectivity index is 2.56. The van der Waals surface area contributed by atoms with E-state index in [-0.39, 0.29) is 17.9 Å². The highest BCUT2D eigenvalue weighted by molar-refractivity contribution is 6.27. The molecule has 1 aliphatic rings. The van der Waals surface area contributed by atoms with Gasteiger partial charge in [-0.05, 0) is 25.0 Å². The Hall–Kier alpha value is -2.17. The van der Waals surface area contributed by atoms with Crippen LogP contribution < -0.4 is 10.2 Å². The standard InChI is InChI=1S/C15H19N3O2/c1-10(2)15(4)13(16-11(3)19)18(14(20)17-15)12-8-6-5-7-9-12/h5-10H,1-4H3,(H,17,20). The summed E-state index contributed by atoms with van der Waals surface area (Å²) >= 11 is 0. The number of aliphatic imine (C=N–C) groups is 1. The van der Waals surface area contributed by atoms with Gasteiger partial charge < -0.3 is 5.32 Å². The van der Waals surface area contributed by atoms with Crippen LogP contribution in [0.1, 0.15) is 27.7 Å². The van der Waals surface area contributed by atoms with Crippen LogP contribution in [0.15, 0.2) is 35.3 Å².